The van der Waals surface area contributed by atoms with Crippen LogP contribution in [-0.2, 0) is 4.79 Å². The van der Waals surface area contributed by atoms with E-state index in [1.54, 1.807) is 18.0 Å². The lowest BCUT2D eigenvalue weighted by molar-refractivity contribution is -0.106. The maximum atomic E-state index is 14.9. The molecule has 0 saturated heterocycles. The lowest BCUT2D eigenvalue weighted by Gasteiger charge is -2.42. The molecular formula is C28H30ClF6N5O2S. The van der Waals surface area contributed by atoms with Crippen molar-refractivity contribution in [2.45, 2.75) is 24.3 Å². The minimum absolute atomic E-state index is 0.0926. The molecule has 0 radical (unpaired) electrons. The van der Waals surface area contributed by atoms with Crippen LogP contribution in [-0.4, -0.2) is 60.5 Å². The molecule has 0 aliphatic heterocycles. The Morgan fingerprint density at radius 3 is 2.42 bits per heavy atom. The summed E-state index contributed by atoms with van der Waals surface area (Å²) >= 11 is 6.53. The van der Waals surface area contributed by atoms with Gasteiger partial charge in [0.2, 0.25) is 6.41 Å². The highest BCUT2D eigenvalue weighted by Crippen LogP contribution is 3.03. The fourth-order valence-electron chi connectivity index (χ4n) is 4.53. The topological polar surface area (TPSA) is 81.1 Å². The summed E-state index contributed by atoms with van der Waals surface area (Å²) in [6, 6.07) is 6.83. The molecule has 1 aromatic heterocycles. The van der Waals surface area contributed by atoms with Crippen LogP contribution in [0.3, 0.4) is 0 Å². The summed E-state index contributed by atoms with van der Waals surface area (Å²) in [7, 11) is -7.29. The van der Waals surface area contributed by atoms with Crippen LogP contribution in [0, 0.1) is 5.82 Å². The summed E-state index contributed by atoms with van der Waals surface area (Å²) in [6.45, 7) is 6.25. The third-order valence-corrected chi connectivity index (χ3v) is 7.85. The number of aliphatic imine (C=N–C) groups is 1. The van der Waals surface area contributed by atoms with Crippen molar-refractivity contribution < 1.29 is 33.7 Å². The number of nitrogens with zero attached hydrogens (tertiary/aromatic N) is 4. The van der Waals surface area contributed by atoms with E-state index >= 15 is 0 Å². The highest BCUT2D eigenvalue weighted by atomic mass is 35.5. The Hall–Kier alpha value is -3.75. The van der Waals surface area contributed by atoms with Crippen molar-refractivity contribution in [2.75, 3.05) is 32.1 Å². The van der Waals surface area contributed by atoms with E-state index in [1.807, 2.05) is 6.92 Å². The van der Waals surface area contributed by atoms with Gasteiger partial charge < -0.3 is 15.3 Å². The zero-order valence-corrected chi connectivity index (χ0v) is 25.0. The van der Waals surface area contributed by atoms with Gasteiger partial charge in [-0.2, -0.15) is 0 Å². The number of para-hydroxylation sites is 1. The largest absolute Gasteiger partial charge is 0.507 e. The smallest absolute Gasteiger partial charge is 0.312 e. The number of carbonyl (C=O) groups excluding carboxylic acids is 1. The fourth-order valence-corrected chi connectivity index (χ4v) is 5.67. The van der Waals surface area contributed by atoms with Gasteiger partial charge in [-0.3, -0.25) is 14.7 Å². The highest BCUT2D eigenvalue weighted by Gasteiger charge is 2.67. The van der Waals surface area contributed by atoms with Gasteiger partial charge in [0.1, 0.15) is 22.3 Å². The second-order valence-corrected chi connectivity index (χ2v) is 12.2. The molecule has 1 atom stereocenters. The van der Waals surface area contributed by atoms with Gasteiger partial charge in [0.25, 0.3) is 0 Å². The molecule has 3 aromatic rings. The molecule has 15 heteroatoms. The van der Waals surface area contributed by atoms with E-state index in [1.165, 1.54) is 19.2 Å². The average Bonchev–Trinajstić information content (AvgIpc) is 2.92. The molecule has 7 nitrogen and oxygen atoms in total. The Morgan fingerprint density at radius 1 is 1.19 bits per heavy atom. The Labute approximate surface area is 250 Å². The van der Waals surface area contributed by atoms with Gasteiger partial charge >= 0.3 is 10.2 Å². The number of benzene rings is 2. The van der Waals surface area contributed by atoms with Crippen molar-refractivity contribution in [3.63, 3.8) is 0 Å². The number of hydrogen-bond acceptors (Lipinski definition) is 5. The number of hydrogen-bond donors (Lipinski definition) is 2. The first kappa shape index (κ1) is 33.7. The minimum Gasteiger partial charge on any atom is -0.507 e. The lowest BCUT2D eigenvalue weighted by Crippen LogP contribution is -2.45. The van der Waals surface area contributed by atoms with Gasteiger partial charge in [0.05, 0.1) is 27.5 Å². The molecule has 1 amide bonds. The number of aromatic nitrogens is 1. The third kappa shape index (κ3) is 7.43. The highest BCUT2D eigenvalue weighted by molar-refractivity contribution is 8.45. The van der Waals surface area contributed by atoms with Gasteiger partial charge in [0, 0.05) is 26.2 Å². The summed E-state index contributed by atoms with van der Waals surface area (Å²) in [4.78, 5) is 20.8. The van der Waals surface area contributed by atoms with Gasteiger partial charge in [-0.15, -0.1) is 6.58 Å². The van der Waals surface area contributed by atoms with Crippen molar-refractivity contribution in [2.24, 2.45) is 4.99 Å². The maximum Gasteiger partial charge on any atom is 0.312 e. The molecule has 0 aliphatic rings. The monoisotopic (exact) mass is 649 g/mol. The summed E-state index contributed by atoms with van der Waals surface area (Å²) < 4.78 is 85.9. The van der Waals surface area contributed by atoms with Crippen LogP contribution in [0.15, 0.2) is 71.1 Å². The lowest BCUT2D eigenvalue weighted by atomic mass is 10.1. The quantitative estimate of drug-likeness (QED) is 0.0682. The standard InChI is InChI=1S/C28H30ClF6N5O2S/c1-5-6-14-39(18(2)16-36-3)27(37-4)19-15-20(29)26(25-21(30)10-9-12-23(25)42)38-28(19)40(17-41)22-11-7-8-13-24(22)43(31,32,33,34)35/h5,7-13,15,17-18,36,42H,1,6,14,16H2,2-4H3/b37-27+. The summed E-state index contributed by atoms with van der Waals surface area (Å²) in [5.74, 6) is -2.13. The second-order valence-electron chi connectivity index (χ2n) is 9.46. The normalized spacial score (nSPS) is 14.4. The number of anilines is 2. The molecule has 43 heavy (non-hydrogen) atoms. The molecule has 1 heterocycles. The minimum atomic E-state index is -10.4. The van der Waals surface area contributed by atoms with Crippen LogP contribution in [0.2, 0.25) is 5.02 Å². The zero-order chi connectivity index (χ0) is 32.2. The van der Waals surface area contributed by atoms with Gasteiger partial charge in [0.15, 0.2) is 5.82 Å². The molecule has 0 fully saturated rings. The van der Waals surface area contributed by atoms with Gasteiger partial charge in [-0.25, -0.2) is 9.37 Å². The Balaban J connectivity index is 2.47. The first-order chi connectivity index (χ1) is 20.0. The van der Waals surface area contributed by atoms with Crippen molar-refractivity contribution >= 4 is 45.6 Å². The summed E-state index contributed by atoms with van der Waals surface area (Å²) in [5.41, 5.74) is -2.32. The zero-order valence-electron chi connectivity index (χ0n) is 23.4. The molecule has 0 bridgehead atoms. The first-order valence-corrected chi connectivity index (χ1v) is 15.1. The number of phenolic OH excluding ortho intramolecular Hbond substituents is 1. The predicted octanol–water partition coefficient (Wildman–Crippen LogP) is 8.06. The van der Waals surface area contributed by atoms with E-state index in [-0.39, 0.29) is 39.8 Å². The molecule has 0 saturated carbocycles. The third-order valence-electron chi connectivity index (χ3n) is 6.39. The molecule has 0 spiro atoms. The van der Waals surface area contributed by atoms with Gasteiger partial charge in [-0.1, -0.05) is 55.3 Å². The van der Waals surface area contributed by atoms with Crippen LogP contribution < -0.4 is 10.2 Å². The number of amidine groups is 1. The number of rotatable bonds is 12. The van der Waals surface area contributed by atoms with Crippen LogP contribution in [0.5, 0.6) is 5.75 Å². The van der Waals surface area contributed by atoms with E-state index in [4.69, 9.17) is 11.6 Å². The van der Waals surface area contributed by atoms with E-state index in [0.717, 1.165) is 24.3 Å². The van der Waals surface area contributed by atoms with E-state index in [2.05, 4.69) is 21.9 Å². The van der Waals surface area contributed by atoms with Crippen molar-refractivity contribution in [1.29, 1.82) is 0 Å². The van der Waals surface area contributed by atoms with Crippen molar-refractivity contribution in [3.05, 3.63) is 77.6 Å². The molecule has 3 rings (SSSR count). The number of phenols is 1. The number of pyridine rings is 1. The van der Waals surface area contributed by atoms with E-state index in [0.29, 0.717) is 25.6 Å². The Morgan fingerprint density at radius 2 is 1.86 bits per heavy atom. The predicted molar refractivity (Wildman–Crippen MR) is 160 cm³/mol. The average molecular weight is 650 g/mol. The first-order valence-electron chi connectivity index (χ1n) is 12.7. The summed E-state index contributed by atoms with van der Waals surface area (Å²) in [6.07, 6.45) is 1.95. The number of amides is 1. The Kier molecular flexibility index (Phi) is 9.49. The van der Waals surface area contributed by atoms with Crippen LogP contribution in [0.4, 0.5) is 35.3 Å². The van der Waals surface area contributed by atoms with Crippen molar-refractivity contribution in [1.82, 2.24) is 15.2 Å². The number of nitrogens with one attached hydrogen (secondary N) is 1. The SMILES string of the molecule is C=CCCN(/C(=N/C)c1cc(Cl)c(-c2c(O)cccc2F)nc1N(C=O)c1ccccc1S(F)(F)(F)(F)F)C(C)CNC. The molecule has 1 unspecified atom stereocenters. The van der Waals surface area contributed by atoms with Crippen molar-refractivity contribution in [3.8, 4) is 17.0 Å². The summed E-state index contributed by atoms with van der Waals surface area (Å²) in [5, 5.41) is 13.2. The molecule has 2 aromatic carbocycles. The molecule has 0 aliphatic carbocycles. The van der Waals surface area contributed by atoms with E-state index in [9.17, 15) is 33.7 Å². The fraction of sp³-hybridized carbons (Fsp3) is 0.250. The number of carbonyl (C=O) groups is 1. The van der Waals surface area contributed by atoms with Crippen LogP contribution in [0.1, 0.15) is 18.9 Å². The Bertz CT molecular complexity index is 1540. The number of halogens is 7. The molecular weight excluding hydrogens is 620 g/mol. The number of likely N-dealkylation sites (N-methyl/N-ethyl adjacent to an activating group) is 1. The van der Waals surface area contributed by atoms with E-state index < -0.39 is 49.4 Å². The van der Waals surface area contributed by atoms with Crippen LogP contribution >= 0.6 is 21.8 Å². The molecule has 234 valence electrons. The number of aromatic hydroxyl groups is 1. The maximum absolute atomic E-state index is 14.9. The molecule has 2 N–H and O–H groups in total. The van der Waals surface area contributed by atoms with Crippen LogP contribution in [0.25, 0.3) is 11.3 Å². The second kappa shape index (κ2) is 12.1. The van der Waals surface area contributed by atoms with Gasteiger partial charge in [-0.05, 0) is 50.7 Å².